The van der Waals surface area contributed by atoms with E-state index in [1.807, 2.05) is 19.1 Å². The molecule has 0 bridgehead atoms. The van der Waals surface area contributed by atoms with Crippen molar-refractivity contribution in [2.75, 3.05) is 31.5 Å². The molecule has 1 aromatic rings. The van der Waals surface area contributed by atoms with Gasteiger partial charge in [0.15, 0.2) is 5.11 Å². The van der Waals surface area contributed by atoms with Crippen LogP contribution in [0.15, 0.2) is 18.2 Å². The SMILES string of the molecule is Cc1c(Cl)cccc1NC(=S)N1CCCC[C@@H]1CC[NH+]1CCCCC1. The zero-order valence-corrected chi connectivity index (χ0v) is 16.9. The minimum Gasteiger partial charge on any atom is -0.346 e. The molecule has 3 nitrogen and oxygen atoms in total. The molecule has 2 aliphatic heterocycles. The van der Waals surface area contributed by atoms with Gasteiger partial charge in [-0.25, -0.2) is 0 Å². The molecule has 2 N–H and O–H groups in total. The summed E-state index contributed by atoms with van der Waals surface area (Å²) in [6, 6.07) is 6.55. The highest BCUT2D eigenvalue weighted by Crippen LogP contribution is 2.25. The third-order valence-corrected chi connectivity index (χ3v) is 6.54. The number of thiocarbonyl (C=S) groups is 1. The summed E-state index contributed by atoms with van der Waals surface area (Å²) < 4.78 is 0. The van der Waals surface area contributed by atoms with Crippen LogP contribution in [-0.2, 0) is 0 Å². The molecule has 2 saturated heterocycles. The standard InChI is InChI=1S/C20H30ClN3S/c1-16-18(21)9-7-10-19(16)22-20(25)24-14-6-3-8-17(24)11-15-23-12-4-2-5-13-23/h7,9-10,17H,2-6,8,11-15H2,1H3,(H,22,25)/p+1/t17-/m1/s1. The quantitative estimate of drug-likeness (QED) is 0.778. The highest BCUT2D eigenvalue weighted by Gasteiger charge is 2.26. The van der Waals surface area contributed by atoms with Gasteiger partial charge in [-0.05, 0) is 75.4 Å². The average Bonchev–Trinajstić information content (AvgIpc) is 2.65. The number of rotatable bonds is 4. The second-order valence-corrected chi connectivity index (χ2v) is 8.33. The molecule has 5 heteroatoms. The molecule has 138 valence electrons. The fourth-order valence-corrected chi connectivity index (χ4v) is 4.70. The van der Waals surface area contributed by atoms with Crippen LogP contribution in [0.3, 0.4) is 0 Å². The number of nitrogens with one attached hydrogen (secondary N) is 2. The number of likely N-dealkylation sites (tertiary alicyclic amines) is 2. The average molecular weight is 381 g/mol. The highest BCUT2D eigenvalue weighted by atomic mass is 35.5. The van der Waals surface area contributed by atoms with Gasteiger partial charge in [-0.2, -0.15) is 0 Å². The van der Waals surface area contributed by atoms with Gasteiger partial charge in [0.1, 0.15) is 0 Å². The van der Waals surface area contributed by atoms with Crippen LogP contribution in [0.1, 0.15) is 50.5 Å². The fraction of sp³-hybridized carbons (Fsp3) is 0.650. The van der Waals surface area contributed by atoms with Crippen molar-refractivity contribution in [3.8, 4) is 0 Å². The Bertz CT molecular complexity index is 586. The first-order valence-electron chi connectivity index (χ1n) is 9.81. The van der Waals surface area contributed by atoms with E-state index in [0.29, 0.717) is 6.04 Å². The van der Waals surface area contributed by atoms with E-state index >= 15 is 0 Å². The maximum atomic E-state index is 6.25. The van der Waals surface area contributed by atoms with E-state index in [1.54, 1.807) is 4.90 Å². The van der Waals surface area contributed by atoms with Crippen LogP contribution >= 0.6 is 23.8 Å². The van der Waals surface area contributed by atoms with Crippen molar-refractivity contribution in [2.45, 2.75) is 57.9 Å². The summed E-state index contributed by atoms with van der Waals surface area (Å²) in [4.78, 5) is 4.23. The first kappa shape index (κ1) is 18.9. The Labute approximate surface area is 162 Å². The van der Waals surface area contributed by atoms with Crippen molar-refractivity contribution in [2.24, 2.45) is 0 Å². The number of benzene rings is 1. The van der Waals surface area contributed by atoms with Crippen molar-refractivity contribution >= 4 is 34.6 Å². The lowest BCUT2D eigenvalue weighted by Gasteiger charge is -2.38. The molecule has 0 spiro atoms. The summed E-state index contributed by atoms with van der Waals surface area (Å²) in [6.07, 6.45) is 9.32. The van der Waals surface area contributed by atoms with E-state index in [4.69, 9.17) is 23.8 Å². The molecular formula is C20H31ClN3S+. The largest absolute Gasteiger partial charge is 0.346 e. The molecule has 0 aromatic heterocycles. The first-order chi connectivity index (χ1) is 12.1. The second kappa shape index (κ2) is 9.20. The predicted molar refractivity (Wildman–Crippen MR) is 111 cm³/mol. The Morgan fingerprint density at radius 1 is 1.24 bits per heavy atom. The number of piperidine rings is 2. The molecule has 1 atom stereocenters. The molecule has 0 unspecified atom stereocenters. The van der Waals surface area contributed by atoms with Gasteiger partial charge in [-0.1, -0.05) is 17.7 Å². The monoisotopic (exact) mass is 380 g/mol. The molecule has 1 aromatic carbocycles. The van der Waals surface area contributed by atoms with Crippen molar-refractivity contribution in [3.63, 3.8) is 0 Å². The Balaban J connectivity index is 1.59. The minimum absolute atomic E-state index is 0.586. The summed E-state index contributed by atoms with van der Waals surface area (Å²) in [7, 11) is 0. The summed E-state index contributed by atoms with van der Waals surface area (Å²) in [5.41, 5.74) is 2.10. The molecule has 0 radical (unpaired) electrons. The van der Waals surface area contributed by atoms with Crippen molar-refractivity contribution in [3.05, 3.63) is 28.8 Å². The van der Waals surface area contributed by atoms with E-state index < -0.39 is 0 Å². The predicted octanol–water partition coefficient (Wildman–Crippen LogP) is 3.66. The summed E-state index contributed by atoms with van der Waals surface area (Å²) in [5, 5.41) is 5.11. The number of hydrogen-bond acceptors (Lipinski definition) is 1. The Hall–Kier alpha value is -0.840. The van der Waals surface area contributed by atoms with Crippen LogP contribution in [0.2, 0.25) is 5.02 Å². The third kappa shape index (κ3) is 5.08. The van der Waals surface area contributed by atoms with Crippen molar-refractivity contribution < 1.29 is 4.90 Å². The summed E-state index contributed by atoms with van der Waals surface area (Å²) >= 11 is 12.0. The third-order valence-electron chi connectivity index (χ3n) is 5.79. The second-order valence-electron chi connectivity index (χ2n) is 7.53. The van der Waals surface area contributed by atoms with E-state index in [1.165, 1.54) is 64.6 Å². The van der Waals surface area contributed by atoms with Gasteiger partial charge < -0.3 is 15.1 Å². The van der Waals surface area contributed by atoms with Gasteiger partial charge in [0.05, 0.1) is 19.6 Å². The van der Waals surface area contributed by atoms with Crippen LogP contribution in [0.25, 0.3) is 0 Å². The minimum atomic E-state index is 0.586. The van der Waals surface area contributed by atoms with Gasteiger partial charge in [0, 0.05) is 29.7 Å². The van der Waals surface area contributed by atoms with E-state index in [2.05, 4.69) is 16.3 Å². The van der Waals surface area contributed by atoms with Crippen LogP contribution in [0.5, 0.6) is 0 Å². The molecule has 2 aliphatic rings. The van der Waals surface area contributed by atoms with E-state index in [9.17, 15) is 0 Å². The highest BCUT2D eigenvalue weighted by molar-refractivity contribution is 7.80. The van der Waals surface area contributed by atoms with Crippen molar-refractivity contribution in [1.29, 1.82) is 0 Å². The normalized spacial score (nSPS) is 22.0. The molecular weight excluding hydrogens is 350 g/mol. The topological polar surface area (TPSA) is 19.7 Å². The van der Waals surface area contributed by atoms with Crippen LogP contribution < -0.4 is 10.2 Å². The molecule has 2 fully saturated rings. The van der Waals surface area contributed by atoms with Gasteiger partial charge in [-0.3, -0.25) is 0 Å². The lowest BCUT2D eigenvalue weighted by molar-refractivity contribution is -0.905. The van der Waals surface area contributed by atoms with Crippen molar-refractivity contribution in [1.82, 2.24) is 4.90 Å². The van der Waals surface area contributed by atoms with Crippen LogP contribution in [0.4, 0.5) is 5.69 Å². The molecule has 2 heterocycles. The lowest BCUT2D eigenvalue weighted by atomic mass is 9.99. The summed E-state index contributed by atoms with van der Waals surface area (Å²) in [5.74, 6) is 0. The molecule has 25 heavy (non-hydrogen) atoms. The van der Waals surface area contributed by atoms with E-state index in [0.717, 1.165) is 27.9 Å². The fourth-order valence-electron chi connectivity index (χ4n) is 4.17. The molecule has 0 amide bonds. The maximum Gasteiger partial charge on any atom is 0.173 e. The van der Waals surface area contributed by atoms with Crippen LogP contribution in [-0.4, -0.2) is 42.2 Å². The zero-order chi connectivity index (χ0) is 17.6. The Morgan fingerprint density at radius 2 is 2.04 bits per heavy atom. The first-order valence-corrected chi connectivity index (χ1v) is 10.6. The molecule has 0 aliphatic carbocycles. The van der Waals surface area contributed by atoms with Gasteiger partial charge in [0.25, 0.3) is 0 Å². The van der Waals surface area contributed by atoms with E-state index in [-0.39, 0.29) is 0 Å². The summed E-state index contributed by atoms with van der Waals surface area (Å²) in [6.45, 7) is 7.13. The number of anilines is 1. The Kier molecular flexibility index (Phi) is 6.97. The van der Waals surface area contributed by atoms with Gasteiger partial charge in [-0.15, -0.1) is 0 Å². The zero-order valence-electron chi connectivity index (χ0n) is 15.3. The molecule has 3 rings (SSSR count). The Morgan fingerprint density at radius 3 is 2.84 bits per heavy atom. The number of hydrogen-bond donors (Lipinski definition) is 2. The smallest absolute Gasteiger partial charge is 0.173 e. The van der Waals surface area contributed by atoms with Gasteiger partial charge >= 0.3 is 0 Å². The number of quaternary nitrogens is 1. The maximum absolute atomic E-state index is 6.25. The van der Waals surface area contributed by atoms with Gasteiger partial charge in [0.2, 0.25) is 0 Å². The molecule has 0 saturated carbocycles. The van der Waals surface area contributed by atoms with Crippen LogP contribution in [0, 0.1) is 6.92 Å². The number of nitrogens with zero attached hydrogens (tertiary/aromatic N) is 1. The number of halogens is 1. The lowest BCUT2D eigenvalue weighted by Crippen LogP contribution is -3.12.